The molecule has 6 aromatic carbocycles. The van der Waals surface area contributed by atoms with E-state index >= 15 is 0 Å². The lowest BCUT2D eigenvalue weighted by atomic mass is 10.1. The van der Waals surface area contributed by atoms with E-state index in [1.54, 1.807) is 0 Å². The van der Waals surface area contributed by atoms with Gasteiger partial charge in [-0.3, -0.25) is 4.57 Å². The van der Waals surface area contributed by atoms with E-state index in [9.17, 15) is 0 Å². The minimum Gasteiger partial charge on any atom is -0.419 e. The summed E-state index contributed by atoms with van der Waals surface area (Å²) in [6, 6.07) is 52.8. The van der Waals surface area contributed by atoms with Gasteiger partial charge in [0.25, 0.3) is 0 Å². The van der Waals surface area contributed by atoms with Crippen LogP contribution in [0.3, 0.4) is 0 Å². The predicted octanol–water partition coefficient (Wildman–Crippen LogP) is 10.2. The molecule has 0 fully saturated rings. The molecule has 202 valence electrons. The number of rotatable bonds is 4. The maximum atomic E-state index is 6.75. The summed E-state index contributed by atoms with van der Waals surface area (Å²) in [5.74, 6) is 1.30. The zero-order chi connectivity index (χ0) is 28.3. The van der Waals surface area contributed by atoms with E-state index in [1.165, 1.54) is 32.6 Å². The molecule has 4 heteroatoms. The van der Waals surface area contributed by atoms with Crippen molar-refractivity contribution in [3.05, 3.63) is 152 Å². The molecule has 0 saturated heterocycles. The first-order valence-electron chi connectivity index (χ1n) is 14.5. The number of para-hydroxylation sites is 3. The van der Waals surface area contributed by atoms with Gasteiger partial charge >= 0.3 is 0 Å². The van der Waals surface area contributed by atoms with Gasteiger partial charge in [-0.05, 0) is 42.5 Å². The van der Waals surface area contributed by atoms with Crippen molar-refractivity contribution in [3.63, 3.8) is 0 Å². The summed E-state index contributed by atoms with van der Waals surface area (Å²) in [5, 5.41) is 4.81. The van der Waals surface area contributed by atoms with Gasteiger partial charge in [-0.15, -0.1) is 0 Å². The first-order chi connectivity index (χ1) is 21.4. The van der Waals surface area contributed by atoms with Crippen molar-refractivity contribution in [1.29, 1.82) is 0 Å². The number of oxazole rings is 1. The average molecular weight is 552 g/mol. The van der Waals surface area contributed by atoms with Crippen LogP contribution in [0, 0.1) is 0 Å². The van der Waals surface area contributed by atoms with Crippen molar-refractivity contribution in [2.24, 2.45) is 0 Å². The summed E-state index contributed by atoms with van der Waals surface area (Å²) in [5.41, 5.74) is 8.41. The molecule has 3 aromatic heterocycles. The molecule has 0 aliphatic carbocycles. The monoisotopic (exact) mass is 551 g/mol. The summed E-state index contributed by atoms with van der Waals surface area (Å²) >= 11 is 0. The number of fused-ring (bicyclic) bond motifs is 7. The molecule has 9 rings (SSSR count). The molecule has 3 heterocycles. The fourth-order valence-electron chi connectivity index (χ4n) is 6.52. The molecular formula is C39H25N3O. The standard InChI is InChI=1S/C39H25N3O/c1-4-14-26(15-5-1)36-39(43-38(40-36)27-16-6-2-7-17-27)42-33-23-13-11-21-31(33)35-34(42)25-24-30-29-20-10-12-22-32(29)41(37(30)35)28-18-8-3-9-19-28/h1-25H. The summed E-state index contributed by atoms with van der Waals surface area (Å²) in [4.78, 5) is 5.09. The SMILES string of the molecule is c1ccc(-c2nc(-c3ccccc3)c(-n3c4ccccc4c4c3ccc3c5ccccc5n(-c5ccccc5)c34)o2)cc1. The fraction of sp³-hybridized carbons (Fsp3) is 0. The second kappa shape index (κ2) is 9.33. The summed E-state index contributed by atoms with van der Waals surface area (Å²) in [7, 11) is 0. The van der Waals surface area contributed by atoms with E-state index in [1.807, 2.05) is 48.5 Å². The Kier molecular flexibility index (Phi) is 5.16. The van der Waals surface area contributed by atoms with Gasteiger partial charge in [0.2, 0.25) is 11.8 Å². The van der Waals surface area contributed by atoms with Crippen LogP contribution < -0.4 is 0 Å². The molecule has 0 spiro atoms. The first kappa shape index (κ1) is 23.8. The Bertz CT molecular complexity index is 2430. The third-order valence-electron chi connectivity index (χ3n) is 8.36. The van der Waals surface area contributed by atoms with E-state index in [0.29, 0.717) is 11.8 Å². The number of hydrogen-bond donors (Lipinski definition) is 0. The average Bonchev–Trinajstić information content (AvgIpc) is 3.76. The molecular weight excluding hydrogens is 526 g/mol. The van der Waals surface area contributed by atoms with Gasteiger partial charge in [-0.25, -0.2) is 4.98 Å². The first-order valence-corrected chi connectivity index (χ1v) is 14.5. The minimum absolute atomic E-state index is 0.597. The molecule has 0 unspecified atom stereocenters. The highest BCUT2D eigenvalue weighted by Gasteiger charge is 2.25. The molecule has 4 nitrogen and oxygen atoms in total. The summed E-state index contributed by atoms with van der Waals surface area (Å²) in [6.45, 7) is 0. The Morgan fingerprint density at radius 1 is 0.442 bits per heavy atom. The third kappa shape index (κ3) is 3.53. The zero-order valence-corrected chi connectivity index (χ0v) is 23.2. The van der Waals surface area contributed by atoms with Crippen LogP contribution in [0.25, 0.3) is 77.9 Å². The smallest absolute Gasteiger partial charge is 0.233 e. The van der Waals surface area contributed by atoms with Crippen LogP contribution in [0.4, 0.5) is 0 Å². The summed E-state index contributed by atoms with van der Waals surface area (Å²) in [6.07, 6.45) is 0. The van der Waals surface area contributed by atoms with Crippen LogP contribution in [0.5, 0.6) is 0 Å². The maximum Gasteiger partial charge on any atom is 0.233 e. The molecule has 0 atom stereocenters. The van der Waals surface area contributed by atoms with Gasteiger partial charge in [0.1, 0.15) is 5.69 Å². The minimum atomic E-state index is 0.597. The second-order valence-corrected chi connectivity index (χ2v) is 10.8. The number of nitrogens with zero attached hydrogens (tertiary/aromatic N) is 3. The Morgan fingerprint density at radius 3 is 1.74 bits per heavy atom. The van der Waals surface area contributed by atoms with Gasteiger partial charge in [0.15, 0.2) is 0 Å². The fourth-order valence-corrected chi connectivity index (χ4v) is 6.52. The van der Waals surface area contributed by atoms with Crippen LogP contribution in [0.1, 0.15) is 0 Å². The molecule has 0 N–H and O–H groups in total. The van der Waals surface area contributed by atoms with Crippen LogP contribution in [0.15, 0.2) is 156 Å². The molecule has 0 aliphatic rings. The molecule has 0 saturated carbocycles. The van der Waals surface area contributed by atoms with E-state index < -0.39 is 0 Å². The van der Waals surface area contributed by atoms with Crippen LogP contribution in [0.2, 0.25) is 0 Å². The lowest BCUT2D eigenvalue weighted by Gasteiger charge is -2.09. The van der Waals surface area contributed by atoms with Crippen LogP contribution in [-0.4, -0.2) is 14.1 Å². The third-order valence-corrected chi connectivity index (χ3v) is 8.36. The van der Waals surface area contributed by atoms with Crippen molar-refractivity contribution in [3.8, 4) is 34.3 Å². The topological polar surface area (TPSA) is 35.9 Å². The number of benzene rings is 6. The van der Waals surface area contributed by atoms with Gasteiger partial charge in [-0.2, -0.15) is 0 Å². The van der Waals surface area contributed by atoms with Crippen molar-refractivity contribution in [1.82, 2.24) is 14.1 Å². The van der Waals surface area contributed by atoms with Gasteiger partial charge in [0.05, 0.1) is 22.1 Å². The van der Waals surface area contributed by atoms with Crippen LogP contribution >= 0.6 is 0 Å². The Balaban J connectivity index is 1.45. The highest BCUT2D eigenvalue weighted by atomic mass is 16.4. The molecule has 0 aliphatic heterocycles. The van der Waals surface area contributed by atoms with Crippen molar-refractivity contribution in [2.45, 2.75) is 0 Å². The largest absolute Gasteiger partial charge is 0.419 e. The molecule has 0 amide bonds. The van der Waals surface area contributed by atoms with E-state index in [4.69, 9.17) is 9.40 Å². The predicted molar refractivity (Wildman–Crippen MR) is 176 cm³/mol. The summed E-state index contributed by atoms with van der Waals surface area (Å²) < 4.78 is 11.4. The molecule has 0 radical (unpaired) electrons. The lowest BCUT2D eigenvalue weighted by Crippen LogP contribution is -1.96. The lowest BCUT2D eigenvalue weighted by molar-refractivity contribution is 0.554. The van der Waals surface area contributed by atoms with Crippen molar-refractivity contribution in [2.75, 3.05) is 0 Å². The van der Waals surface area contributed by atoms with Gasteiger partial charge in [0, 0.05) is 38.4 Å². The Morgan fingerprint density at radius 2 is 1.02 bits per heavy atom. The number of hydrogen-bond acceptors (Lipinski definition) is 2. The Hall–Kier alpha value is -5.87. The number of aromatic nitrogens is 3. The van der Waals surface area contributed by atoms with Crippen LogP contribution in [-0.2, 0) is 0 Å². The van der Waals surface area contributed by atoms with Gasteiger partial charge in [-0.1, -0.05) is 109 Å². The normalized spacial score (nSPS) is 11.7. The quantitative estimate of drug-likeness (QED) is 0.218. The van der Waals surface area contributed by atoms with E-state index in [-0.39, 0.29) is 0 Å². The highest BCUT2D eigenvalue weighted by molar-refractivity contribution is 6.26. The maximum absolute atomic E-state index is 6.75. The zero-order valence-electron chi connectivity index (χ0n) is 23.2. The highest BCUT2D eigenvalue weighted by Crippen LogP contribution is 2.43. The van der Waals surface area contributed by atoms with Crippen molar-refractivity contribution >= 4 is 43.6 Å². The Labute approximate surface area is 247 Å². The molecule has 9 aromatic rings. The van der Waals surface area contributed by atoms with E-state index in [0.717, 1.165) is 33.5 Å². The van der Waals surface area contributed by atoms with Gasteiger partial charge < -0.3 is 8.98 Å². The second-order valence-electron chi connectivity index (χ2n) is 10.8. The molecule has 0 bridgehead atoms. The van der Waals surface area contributed by atoms with E-state index in [2.05, 4.69) is 112 Å². The van der Waals surface area contributed by atoms with Crippen molar-refractivity contribution < 1.29 is 4.42 Å². The molecule has 43 heavy (non-hydrogen) atoms.